The fourth-order valence-electron chi connectivity index (χ4n) is 1.45. The van der Waals surface area contributed by atoms with E-state index >= 15 is 0 Å². The van der Waals surface area contributed by atoms with E-state index in [1.807, 2.05) is 6.92 Å². The van der Waals surface area contributed by atoms with Gasteiger partial charge in [0, 0.05) is 5.02 Å². The lowest BCUT2D eigenvalue weighted by molar-refractivity contribution is 0.290. The Bertz CT molecular complexity index is 557. The second-order valence-corrected chi connectivity index (χ2v) is 5.44. The first kappa shape index (κ1) is 14.4. The van der Waals surface area contributed by atoms with E-state index in [9.17, 15) is 0 Å². The molecule has 1 aromatic carbocycles. The average molecular weight is 321 g/mol. The van der Waals surface area contributed by atoms with Crippen LogP contribution >= 0.6 is 34.8 Å². The van der Waals surface area contributed by atoms with E-state index in [0.717, 1.165) is 5.69 Å². The van der Waals surface area contributed by atoms with Gasteiger partial charge >= 0.3 is 0 Å². The second kappa shape index (κ2) is 6.46. The van der Waals surface area contributed by atoms with E-state index in [0.29, 0.717) is 28.9 Å². The Morgan fingerprint density at radius 3 is 2.79 bits per heavy atom. The number of benzene rings is 1. The number of ether oxygens (including phenoxy) is 1. The van der Waals surface area contributed by atoms with Gasteiger partial charge in [-0.3, -0.25) is 0 Å². The molecule has 1 unspecified atom stereocenters. The molecule has 0 aliphatic rings. The number of halogens is 3. The van der Waals surface area contributed by atoms with E-state index < -0.39 is 0 Å². The zero-order valence-corrected chi connectivity index (χ0v) is 12.5. The highest BCUT2D eigenvalue weighted by Gasteiger charge is 2.07. The molecular formula is C12H12Cl3N3O. The van der Waals surface area contributed by atoms with Crippen LogP contribution in [0.4, 0.5) is 0 Å². The Hall–Kier alpha value is -0.970. The molecule has 0 N–H and O–H groups in total. The van der Waals surface area contributed by atoms with Crippen LogP contribution in [0.3, 0.4) is 0 Å². The number of aromatic nitrogens is 3. The van der Waals surface area contributed by atoms with Crippen molar-refractivity contribution < 1.29 is 4.74 Å². The van der Waals surface area contributed by atoms with Gasteiger partial charge in [0.15, 0.2) is 0 Å². The number of hydrogen-bond acceptors (Lipinski definition) is 3. The molecular weight excluding hydrogens is 309 g/mol. The van der Waals surface area contributed by atoms with Crippen molar-refractivity contribution in [3.05, 3.63) is 40.1 Å². The number of alkyl halides is 1. The highest BCUT2D eigenvalue weighted by atomic mass is 35.5. The summed E-state index contributed by atoms with van der Waals surface area (Å²) in [6.07, 6.45) is 1.80. The van der Waals surface area contributed by atoms with E-state index in [2.05, 4.69) is 10.3 Å². The zero-order valence-electron chi connectivity index (χ0n) is 10.2. The Morgan fingerprint density at radius 1 is 1.37 bits per heavy atom. The largest absolute Gasteiger partial charge is 0.490 e. The Morgan fingerprint density at radius 2 is 2.16 bits per heavy atom. The molecule has 0 bridgehead atoms. The fraction of sp³-hybridized carbons (Fsp3) is 0.333. The summed E-state index contributed by atoms with van der Waals surface area (Å²) in [6.45, 7) is 2.84. The maximum Gasteiger partial charge on any atom is 0.138 e. The minimum atomic E-state index is -0.152. The van der Waals surface area contributed by atoms with Gasteiger partial charge in [0.05, 0.1) is 23.1 Å². The quantitative estimate of drug-likeness (QED) is 0.783. The third-order valence-electron chi connectivity index (χ3n) is 2.44. The summed E-state index contributed by atoms with van der Waals surface area (Å²) in [5.74, 6) is 0.595. The molecule has 2 aromatic rings. The van der Waals surface area contributed by atoms with Crippen molar-refractivity contribution in [2.45, 2.75) is 18.8 Å². The minimum Gasteiger partial charge on any atom is -0.490 e. The molecule has 0 saturated carbocycles. The summed E-state index contributed by atoms with van der Waals surface area (Å²) in [7, 11) is 0. The van der Waals surface area contributed by atoms with Crippen LogP contribution in [0.1, 0.15) is 18.0 Å². The van der Waals surface area contributed by atoms with Crippen molar-refractivity contribution in [1.82, 2.24) is 15.0 Å². The van der Waals surface area contributed by atoms with Gasteiger partial charge in [0.2, 0.25) is 0 Å². The molecule has 19 heavy (non-hydrogen) atoms. The van der Waals surface area contributed by atoms with Gasteiger partial charge in [-0.2, -0.15) is 0 Å². The molecule has 0 amide bonds. The first-order valence-electron chi connectivity index (χ1n) is 5.68. The first-order chi connectivity index (χ1) is 9.06. The normalized spacial score (nSPS) is 12.4. The Kier molecular flexibility index (Phi) is 4.91. The fourth-order valence-corrected chi connectivity index (χ4v) is 2.01. The summed E-state index contributed by atoms with van der Waals surface area (Å²) in [4.78, 5) is 0. The van der Waals surface area contributed by atoms with Gasteiger partial charge in [-0.15, -0.1) is 16.7 Å². The molecule has 1 atom stereocenters. The summed E-state index contributed by atoms with van der Waals surface area (Å²) in [5.41, 5.74) is 0.742. The van der Waals surface area contributed by atoms with Crippen LogP contribution in [-0.4, -0.2) is 21.6 Å². The summed E-state index contributed by atoms with van der Waals surface area (Å²) in [6, 6.07) is 5.10. The van der Waals surface area contributed by atoms with Gasteiger partial charge in [-0.05, 0) is 25.1 Å². The molecule has 0 aliphatic heterocycles. The zero-order chi connectivity index (χ0) is 13.8. The molecule has 4 nitrogen and oxygen atoms in total. The summed E-state index contributed by atoms with van der Waals surface area (Å²) >= 11 is 17.7. The Labute approximate surface area is 126 Å². The maximum atomic E-state index is 6.00. The topological polar surface area (TPSA) is 39.9 Å². The predicted octanol–water partition coefficient (Wildman–Crippen LogP) is 3.96. The van der Waals surface area contributed by atoms with Gasteiger partial charge in [-0.25, -0.2) is 4.68 Å². The van der Waals surface area contributed by atoms with Crippen molar-refractivity contribution in [3.8, 4) is 5.75 Å². The standard InChI is InChI=1S/C12H12Cl3N3O/c1-8(13)11-7-18(17-16-11)4-5-19-12-3-2-9(14)6-10(12)15/h2-3,6-8H,4-5H2,1H3. The summed E-state index contributed by atoms with van der Waals surface area (Å²) in [5, 5.41) is 8.82. The molecule has 0 aliphatic carbocycles. The lowest BCUT2D eigenvalue weighted by Crippen LogP contribution is -2.09. The van der Waals surface area contributed by atoms with Crippen LogP contribution in [0, 0.1) is 0 Å². The van der Waals surface area contributed by atoms with E-state index in [1.165, 1.54) is 0 Å². The molecule has 7 heteroatoms. The molecule has 0 fully saturated rings. The lowest BCUT2D eigenvalue weighted by Gasteiger charge is -2.07. The van der Waals surface area contributed by atoms with Crippen LogP contribution in [0.5, 0.6) is 5.75 Å². The number of hydrogen-bond donors (Lipinski definition) is 0. The summed E-state index contributed by atoms with van der Waals surface area (Å²) < 4.78 is 7.23. The van der Waals surface area contributed by atoms with Gasteiger partial charge in [0.25, 0.3) is 0 Å². The van der Waals surface area contributed by atoms with Crippen molar-refractivity contribution in [2.24, 2.45) is 0 Å². The molecule has 0 radical (unpaired) electrons. The average Bonchev–Trinajstić information content (AvgIpc) is 2.81. The van der Waals surface area contributed by atoms with Gasteiger partial charge < -0.3 is 4.74 Å². The van der Waals surface area contributed by atoms with Crippen molar-refractivity contribution in [2.75, 3.05) is 6.61 Å². The van der Waals surface area contributed by atoms with E-state index in [1.54, 1.807) is 29.1 Å². The Balaban J connectivity index is 1.89. The molecule has 0 spiro atoms. The highest BCUT2D eigenvalue weighted by Crippen LogP contribution is 2.27. The van der Waals surface area contributed by atoms with Crippen molar-refractivity contribution >= 4 is 34.8 Å². The molecule has 1 heterocycles. The number of rotatable bonds is 5. The lowest BCUT2D eigenvalue weighted by atomic mass is 10.3. The van der Waals surface area contributed by atoms with Crippen LogP contribution in [0.15, 0.2) is 24.4 Å². The third-order valence-corrected chi connectivity index (χ3v) is 3.19. The molecule has 102 valence electrons. The van der Waals surface area contributed by atoms with E-state index in [4.69, 9.17) is 39.5 Å². The highest BCUT2D eigenvalue weighted by molar-refractivity contribution is 6.35. The monoisotopic (exact) mass is 319 g/mol. The second-order valence-electron chi connectivity index (χ2n) is 3.95. The van der Waals surface area contributed by atoms with Crippen molar-refractivity contribution in [3.63, 3.8) is 0 Å². The maximum absolute atomic E-state index is 6.00. The van der Waals surface area contributed by atoms with Crippen LogP contribution in [0.25, 0.3) is 0 Å². The van der Waals surface area contributed by atoms with Gasteiger partial charge in [0.1, 0.15) is 18.1 Å². The van der Waals surface area contributed by atoms with E-state index in [-0.39, 0.29) is 5.38 Å². The van der Waals surface area contributed by atoms with Crippen LogP contribution in [-0.2, 0) is 6.54 Å². The third kappa shape index (κ3) is 4.00. The van der Waals surface area contributed by atoms with Gasteiger partial charge in [-0.1, -0.05) is 28.4 Å². The molecule has 0 saturated heterocycles. The minimum absolute atomic E-state index is 0.152. The van der Waals surface area contributed by atoms with Crippen LogP contribution in [0.2, 0.25) is 10.0 Å². The first-order valence-corrected chi connectivity index (χ1v) is 6.87. The molecule has 2 rings (SSSR count). The van der Waals surface area contributed by atoms with Crippen molar-refractivity contribution in [1.29, 1.82) is 0 Å². The number of nitrogens with zero attached hydrogens (tertiary/aromatic N) is 3. The predicted molar refractivity (Wildman–Crippen MR) is 76.2 cm³/mol. The SMILES string of the molecule is CC(Cl)c1cn(CCOc2ccc(Cl)cc2Cl)nn1. The molecule has 1 aromatic heterocycles. The smallest absolute Gasteiger partial charge is 0.138 e. The van der Waals surface area contributed by atoms with Crippen LogP contribution < -0.4 is 4.74 Å².